The average molecular weight is 569 g/mol. The maximum atomic E-state index is 14.4. The Morgan fingerprint density at radius 3 is 2.55 bits per heavy atom. The summed E-state index contributed by atoms with van der Waals surface area (Å²) >= 11 is 0. The van der Waals surface area contributed by atoms with Crippen LogP contribution in [0.3, 0.4) is 0 Å². The molecule has 11 nitrogen and oxygen atoms in total. The number of amides is 3. The van der Waals surface area contributed by atoms with Gasteiger partial charge in [-0.15, -0.1) is 5.10 Å². The number of para-hydroxylation sites is 1. The number of aliphatic hydroxyl groups is 1. The zero-order valence-electron chi connectivity index (χ0n) is 23.2. The molecule has 0 bridgehead atoms. The van der Waals surface area contributed by atoms with E-state index in [0.717, 1.165) is 11.1 Å². The average Bonchev–Trinajstić information content (AvgIpc) is 3.57. The van der Waals surface area contributed by atoms with Crippen LogP contribution in [0.4, 0.5) is 0 Å². The van der Waals surface area contributed by atoms with Gasteiger partial charge in [0.2, 0.25) is 11.8 Å². The van der Waals surface area contributed by atoms with Gasteiger partial charge in [-0.05, 0) is 24.6 Å². The van der Waals surface area contributed by atoms with Gasteiger partial charge in [0.25, 0.3) is 5.91 Å². The molecule has 11 heteroatoms. The molecule has 7 rings (SSSR count). The lowest BCUT2D eigenvalue weighted by Gasteiger charge is -2.37. The van der Waals surface area contributed by atoms with Crippen molar-refractivity contribution in [1.29, 1.82) is 0 Å². The van der Waals surface area contributed by atoms with E-state index in [0.29, 0.717) is 18.6 Å². The fourth-order valence-electron chi connectivity index (χ4n) is 6.99. The van der Waals surface area contributed by atoms with Gasteiger partial charge in [0.05, 0.1) is 36.1 Å². The normalized spacial score (nSPS) is 29.5. The Balaban J connectivity index is 1.26. The Morgan fingerprint density at radius 1 is 0.976 bits per heavy atom. The second-order valence-corrected chi connectivity index (χ2v) is 11.4. The summed E-state index contributed by atoms with van der Waals surface area (Å²) in [4.78, 5) is 47.7. The quantitative estimate of drug-likeness (QED) is 0.446. The highest BCUT2D eigenvalue weighted by atomic mass is 16.5. The summed E-state index contributed by atoms with van der Waals surface area (Å²) in [6, 6.07) is 15.5. The lowest BCUT2D eigenvalue weighted by Crippen LogP contribution is -2.57. The number of aromatic nitrogens is 3. The number of likely N-dealkylation sites (tertiary alicyclic amines) is 1. The van der Waals surface area contributed by atoms with Crippen LogP contribution < -0.4 is 0 Å². The largest absolute Gasteiger partial charge is 0.394 e. The number of aliphatic hydroxyl groups excluding tert-OH is 1. The van der Waals surface area contributed by atoms with Crippen LogP contribution in [0.5, 0.6) is 0 Å². The Kier molecular flexibility index (Phi) is 6.43. The van der Waals surface area contributed by atoms with Crippen LogP contribution >= 0.6 is 0 Å². The SMILES string of the molecule is C[C@H](CO)N1C(=O)[C@@H]2[C@H]3C(=O)N(Cc4ccccc4)CC=C[C@H]3O[C@@]23C=CCN(Cn2nnc4ccccc42)C(=O)C13. The van der Waals surface area contributed by atoms with Crippen molar-refractivity contribution in [2.75, 3.05) is 19.7 Å². The van der Waals surface area contributed by atoms with E-state index in [-0.39, 0.29) is 37.5 Å². The van der Waals surface area contributed by atoms with E-state index in [4.69, 9.17) is 4.74 Å². The molecule has 4 aliphatic heterocycles. The van der Waals surface area contributed by atoms with Gasteiger partial charge < -0.3 is 24.5 Å². The first-order valence-corrected chi connectivity index (χ1v) is 14.3. The van der Waals surface area contributed by atoms with Crippen molar-refractivity contribution in [2.45, 2.75) is 43.9 Å². The van der Waals surface area contributed by atoms with Crippen LogP contribution in [0.25, 0.3) is 11.0 Å². The number of carbonyl (C=O) groups excluding carboxylic acids is 3. The highest BCUT2D eigenvalue weighted by Gasteiger charge is 2.72. The number of benzene rings is 2. The number of hydrogen-bond acceptors (Lipinski definition) is 7. The smallest absolute Gasteiger partial charge is 0.250 e. The fourth-order valence-corrected chi connectivity index (χ4v) is 6.99. The van der Waals surface area contributed by atoms with Gasteiger partial charge in [-0.2, -0.15) is 0 Å². The number of ether oxygens (including phenoxy) is 1. The van der Waals surface area contributed by atoms with E-state index in [2.05, 4.69) is 10.3 Å². The lowest BCUT2D eigenvalue weighted by molar-refractivity contribution is -0.152. The number of hydrogen-bond donors (Lipinski definition) is 1. The van der Waals surface area contributed by atoms with E-state index >= 15 is 0 Å². The van der Waals surface area contributed by atoms with Crippen LogP contribution in [-0.4, -0.2) is 96.0 Å². The number of fused-ring (bicyclic) bond motifs is 3. The van der Waals surface area contributed by atoms with Crippen LogP contribution in [0.2, 0.25) is 0 Å². The fraction of sp³-hybridized carbons (Fsp3) is 0.387. The Labute approximate surface area is 242 Å². The summed E-state index contributed by atoms with van der Waals surface area (Å²) < 4.78 is 8.33. The molecule has 1 aromatic heterocycles. The van der Waals surface area contributed by atoms with Gasteiger partial charge in [-0.1, -0.05) is 72.0 Å². The van der Waals surface area contributed by atoms with E-state index in [1.165, 1.54) is 4.90 Å². The molecule has 3 aromatic rings. The van der Waals surface area contributed by atoms with Crippen molar-refractivity contribution in [2.24, 2.45) is 11.8 Å². The maximum Gasteiger partial charge on any atom is 0.250 e. The van der Waals surface area contributed by atoms with Gasteiger partial charge in [-0.3, -0.25) is 14.4 Å². The molecule has 5 heterocycles. The lowest BCUT2D eigenvalue weighted by atomic mass is 9.77. The first-order valence-electron chi connectivity index (χ1n) is 14.3. The van der Waals surface area contributed by atoms with E-state index < -0.39 is 35.6 Å². The van der Waals surface area contributed by atoms with Gasteiger partial charge >= 0.3 is 0 Å². The predicted octanol–water partition coefficient (Wildman–Crippen LogP) is 1.35. The standard InChI is InChI=1S/C31H32N6O5/c1-20(18-38)37-27-30(41)35(19-36-23-12-6-5-11-22(23)32-33-36)16-8-14-31(27)26(29(37)40)25-24(42-31)13-7-15-34(28(25)39)17-21-9-3-2-4-10-21/h2-14,20,24-27,38H,15-19H2,1H3/t20-,24-,25+,26+,27?,31+/m1/s1. The molecule has 0 radical (unpaired) electrons. The van der Waals surface area contributed by atoms with Crippen molar-refractivity contribution >= 4 is 28.8 Å². The molecule has 216 valence electrons. The summed E-state index contributed by atoms with van der Waals surface area (Å²) in [7, 11) is 0. The summed E-state index contributed by atoms with van der Waals surface area (Å²) in [6.07, 6.45) is 6.74. The first-order chi connectivity index (χ1) is 20.4. The second kappa shape index (κ2) is 10.2. The third-order valence-corrected chi connectivity index (χ3v) is 8.94. The Bertz CT molecular complexity index is 1600. The molecule has 1 unspecified atom stereocenters. The second-order valence-electron chi connectivity index (χ2n) is 11.4. The van der Waals surface area contributed by atoms with Crippen molar-refractivity contribution in [3.63, 3.8) is 0 Å². The van der Waals surface area contributed by atoms with Gasteiger partial charge in [0, 0.05) is 19.6 Å². The third-order valence-electron chi connectivity index (χ3n) is 8.94. The zero-order valence-corrected chi connectivity index (χ0v) is 23.2. The van der Waals surface area contributed by atoms with Crippen LogP contribution in [0.1, 0.15) is 12.5 Å². The van der Waals surface area contributed by atoms with E-state index in [1.807, 2.05) is 72.8 Å². The molecule has 0 aliphatic carbocycles. The first kappa shape index (κ1) is 26.5. The number of nitrogens with zero attached hydrogens (tertiary/aromatic N) is 6. The summed E-state index contributed by atoms with van der Waals surface area (Å²) in [5, 5.41) is 18.6. The van der Waals surface area contributed by atoms with Crippen LogP contribution in [0, 0.1) is 11.8 Å². The maximum absolute atomic E-state index is 14.4. The highest BCUT2D eigenvalue weighted by Crippen LogP contribution is 2.54. The molecule has 3 amide bonds. The predicted molar refractivity (Wildman–Crippen MR) is 151 cm³/mol. The molecule has 4 aliphatic rings. The minimum absolute atomic E-state index is 0.118. The Hall–Kier alpha value is -4.35. The summed E-state index contributed by atoms with van der Waals surface area (Å²) in [5.74, 6) is -2.59. The third kappa shape index (κ3) is 3.98. The van der Waals surface area contributed by atoms with Crippen molar-refractivity contribution < 1.29 is 24.2 Å². The highest BCUT2D eigenvalue weighted by molar-refractivity contribution is 6.00. The minimum atomic E-state index is -1.36. The molecule has 6 atom stereocenters. The topological polar surface area (TPSA) is 121 Å². The number of rotatable bonds is 6. The van der Waals surface area contributed by atoms with Gasteiger partial charge in [0.1, 0.15) is 23.8 Å². The molecular weight excluding hydrogens is 536 g/mol. The molecule has 42 heavy (non-hydrogen) atoms. The zero-order chi connectivity index (χ0) is 29.0. The molecule has 2 aromatic carbocycles. The molecule has 1 spiro atoms. The van der Waals surface area contributed by atoms with Crippen molar-refractivity contribution in [3.05, 3.63) is 84.5 Å². The van der Waals surface area contributed by atoms with Crippen molar-refractivity contribution in [3.8, 4) is 0 Å². The van der Waals surface area contributed by atoms with E-state index in [1.54, 1.807) is 27.5 Å². The molecule has 2 fully saturated rings. The monoisotopic (exact) mass is 568 g/mol. The Morgan fingerprint density at radius 2 is 1.74 bits per heavy atom. The number of carbonyl (C=O) groups is 3. The molecule has 2 saturated heterocycles. The van der Waals surface area contributed by atoms with Crippen LogP contribution in [-0.2, 0) is 32.3 Å². The van der Waals surface area contributed by atoms with Crippen molar-refractivity contribution in [1.82, 2.24) is 29.7 Å². The molecule has 1 N–H and O–H groups in total. The van der Waals surface area contributed by atoms with E-state index in [9.17, 15) is 19.5 Å². The van der Waals surface area contributed by atoms with Gasteiger partial charge in [0.15, 0.2) is 0 Å². The molecule has 0 saturated carbocycles. The summed E-state index contributed by atoms with van der Waals surface area (Å²) in [6.45, 7) is 2.54. The molecular formula is C31H32N6O5. The summed E-state index contributed by atoms with van der Waals surface area (Å²) in [5.41, 5.74) is 1.12. The minimum Gasteiger partial charge on any atom is -0.394 e. The van der Waals surface area contributed by atoms with Crippen LogP contribution in [0.15, 0.2) is 78.9 Å². The van der Waals surface area contributed by atoms with Gasteiger partial charge in [-0.25, -0.2) is 4.68 Å².